The smallest absolute Gasteiger partial charge is 0.339 e. The van der Waals surface area contributed by atoms with E-state index in [1.165, 1.54) is 18.3 Å². The molecule has 0 aliphatic carbocycles. The molecule has 0 atom stereocenters. The molecule has 134 valence electrons. The van der Waals surface area contributed by atoms with Crippen molar-refractivity contribution in [2.24, 2.45) is 5.16 Å². The van der Waals surface area contributed by atoms with Gasteiger partial charge in [-0.05, 0) is 33.2 Å². The molecule has 9 heteroatoms. The van der Waals surface area contributed by atoms with Crippen molar-refractivity contribution in [2.45, 2.75) is 18.4 Å². The van der Waals surface area contributed by atoms with Crippen LogP contribution in [0.2, 0.25) is 5.02 Å². The summed E-state index contributed by atoms with van der Waals surface area (Å²) in [5.74, 6) is -0.625. The molecule has 1 aromatic rings. The van der Waals surface area contributed by atoms with E-state index in [9.17, 15) is 13.2 Å². The first-order valence-corrected chi connectivity index (χ1v) is 9.42. The van der Waals surface area contributed by atoms with E-state index in [4.69, 9.17) is 21.2 Å². The maximum Gasteiger partial charge on any atom is 0.339 e. The first-order chi connectivity index (χ1) is 11.2. The van der Waals surface area contributed by atoms with Gasteiger partial charge in [-0.2, -0.15) is 0 Å². The molecule has 0 aliphatic rings. The van der Waals surface area contributed by atoms with Gasteiger partial charge in [-0.25, -0.2) is 13.2 Å². The first-order valence-electron chi connectivity index (χ1n) is 7.15. The van der Waals surface area contributed by atoms with E-state index in [2.05, 4.69) is 5.16 Å². The van der Waals surface area contributed by atoms with Gasteiger partial charge in [0.25, 0.3) is 0 Å². The standard InChI is InChI=1S/C15H21ClN2O5S/c1-5-22-15(19)11-6-7-13(24(4,20)21)12(14(11)16)10-23-17-8-9-18(2)3/h6-8H,5,9-10H2,1-4H3/b17-8-. The lowest BCUT2D eigenvalue weighted by Crippen LogP contribution is -2.14. The van der Waals surface area contributed by atoms with Crippen LogP contribution < -0.4 is 0 Å². The molecule has 7 nitrogen and oxygen atoms in total. The summed E-state index contributed by atoms with van der Waals surface area (Å²) in [6.07, 6.45) is 2.59. The molecule has 0 fully saturated rings. The lowest BCUT2D eigenvalue weighted by Gasteiger charge is -2.12. The number of hydrogen-bond acceptors (Lipinski definition) is 7. The van der Waals surface area contributed by atoms with Crippen molar-refractivity contribution in [2.75, 3.05) is 33.5 Å². The fourth-order valence-corrected chi connectivity index (χ4v) is 3.08. The molecule has 0 saturated carbocycles. The van der Waals surface area contributed by atoms with Crippen LogP contribution in [0.5, 0.6) is 0 Å². The number of carbonyl (C=O) groups excluding carboxylic acids is 1. The molecule has 0 spiro atoms. The molecule has 0 aromatic heterocycles. The zero-order valence-corrected chi connectivity index (χ0v) is 15.6. The molecule has 1 aromatic carbocycles. The first kappa shape index (κ1) is 20.4. The van der Waals surface area contributed by atoms with Gasteiger partial charge in [0, 0.05) is 18.4 Å². The fraction of sp³-hybridized carbons (Fsp3) is 0.467. The Bertz CT molecular complexity index is 717. The minimum atomic E-state index is -3.54. The third-order valence-corrected chi connectivity index (χ3v) is 4.51. The van der Waals surface area contributed by atoms with Gasteiger partial charge in [-0.3, -0.25) is 0 Å². The van der Waals surface area contributed by atoms with Gasteiger partial charge >= 0.3 is 5.97 Å². The van der Waals surface area contributed by atoms with E-state index in [-0.39, 0.29) is 34.3 Å². The van der Waals surface area contributed by atoms with E-state index >= 15 is 0 Å². The Hall–Kier alpha value is -1.64. The van der Waals surface area contributed by atoms with E-state index in [1.807, 2.05) is 19.0 Å². The Morgan fingerprint density at radius 2 is 2.04 bits per heavy atom. The lowest BCUT2D eigenvalue weighted by atomic mass is 10.1. The predicted octanol–water partition coefficient (Wildman–Crippen LogP) is 1.98. The highest BCUT2D eigenvalue weighted by molar-refractivity contribution is 7.90. The third kappa shape index (κ3) is 5.77. The summed E-state index contributed by atoms with van der Waals surface area (Å²) in [4.78, 5) is 18.9. The number of carbonyl (C=O) groups is 1. The average molecular weight is 377 g/mol. The Kier molecular flexibility index (Phi) is 7.65. The Balaban J connectivity index is 3.14. The van der Waals surface area contributed by atoms with Crippen molar-refractivity contribution in [3.05, 3.63) is 28.3 Å². The maximum atomic E-state index is 11.9. The van der Waals surface area contributed by atoms with E-state index in [0.717, 1.165) is 6.26 Å². The van der Waals surface area contributed by atoms with Crippen molar-refractivity contribution in [3.63, 3.8) is 0 Å². The zero-order valence-electron chi connectivity index (χ0n) is 14.1. The van der Waals surface area contributed by atoms with Crippen molar-refractivity contribution in [1.82, 2.24) is 4.90 Å². The largest absolute Gasteiger partial charge is 0.462 e. The SMILES string of the molecule is CCOC(=O)c1ccc(S(C)(=O)=O)c(CO/N=C\CN(C)C)c1Cl. The second kappa shape index (κ2) is 9.00. The molecule has 0 radical (unpaired) electrons. The van der Waals surface area contributed by atoms with Gasteiger partial charge < -0.3 is 14.5 Å². The fourth-order valence-electron chi connectivity index (χ4n) is 1.80. The Labute approximate surface area is 147 Å². The summed E-state index contributed by atoms with van der Waals surface area (Å²) in [5.41, 5.74) is 0.258. The molecule has 0 aliphatic heterocycles. The number of ether oxygens (including phenoxy) is 1. The highest BCUT2D eigenvalue weighted by Gasteiger charge is 2.22. The highest BCUT2D eigenvalue weighted by Crippen LogP contribution is 2.29. The molecule has 0 saturated heterocycles. The van der Waals surface area contributed by atoms with Gasteiger partial charge in [0.05, 0.1) is 28.3 Å². The van der Waals surface area contributed by atoms with E-state index in [0.29, 0.717) is 6.54 Å². The van der Waals surface area contributed by atoms with Gasteiger partial charge in [0.15, 0.2) is 9.84 Å². The summed E-state index contributed by atoms with van der Waals surface area (Å²) in [5, 5.41) is 3.73. The lowest BCUT2D eigenvalue weighted by molar-refractivity contribution is 0.0526. The van der Waals surface area contributed by atoms with Crippen molar-refractivity contribution in [3.8, 4) is 0 Å². The topological polar surface area (TPSA) is 85.3 Å². The van der Waals surface area contributed by atoms with Crippen LogP contribution in [0.4, 0.5) is 0 Å². The highest BCUT2D eigenvalue weighted by atomic mass is 35.5. The number of hydrogen-bond donors (Lipinski definition) is 0. The number of halogens is 1. The molecule has 0 amide bonds. The van der Waals surface area contributed by atoms with Crippen LogP contribution in [-0.2, 0) is 26.0 Å². The number of nitrogens with zero attached hydrogens (tertiary/aromatic N) is 2. The normalized spacial score (nSPS) is 11.9. The van der Waals surface area contributed by atoms with Crippen molar-refractivity contribution >= 4 is 33.6 Å². The molecule has 0 N–H and O–H groups in total. The number of sulfone groups is 1. The van der Waals surface area contributed by atoms with Crippen molar-refractivity contribution < 1.29 is 22.8 Å². The zero-order chi connectivity index (χ0) is 18.3. The van der Waals surface area contributed by atoms with Gasteiger partial charge in [-0.1, -0.05) is 16.8 Å². The number of oxime groups is 1. The summed E-state index contributed by atoms with van der Waals surface area (Å²) in [7, 11) is 0.194. The molecular formula is C15H21ClN2O5S. The minimum Gasteiger partial charge on any atom is -0.462 e. The van der Waals surface area contributed by atoms with Crippen LogP contribution in [0.3, 0.4) is 0 Å². The second-order valence-electron chi connectivity index (χ2n) is 5.22. The van der Waals surface area contributed by atoms with E-state index < -0.39 is 15.8 Å². The summed E-state index contributed by atoms with van der Waals surface area (Å²) in [6.45, 7) is 2.23. The number of benzene rings is 1. The van der Waals surface area contributed by atoms with Crippen LogP contribution in [0.15, 0.2) is 22.2 Å². The molecule has 0 bridgehead atoms. The van der Waals surface area contributed by atoms with Crippen LogP contribution >= 0.6 is 11.6 Å². The minimum absolute atomic E-state index is 0.0108. The van der Waals surface area contributed by atoms with Crippen LogP contribution in [0.1, 0.15) is 22.8 Å². The third-order valence-electron chi connectivity index (χ3n) is 2.90. The van der Waals surface area contributed by atoms with Gasteiger partial charge in [0.1, 0.15) is 6.61 Å². The van der Waals surface area contributed by atoms with Crippen LogP contribution in [0.25, 0.3) is 0 Å². The van der Waals surface area contributed by atoms with Crippen LogP contribution in [0, 0.1) is 0 Å². The maximum absolute atomic E-state index is 11.9. The molecule has 0 unspecified atom stereocenters. The Morgan fingerprint density at radius 3 is 2.58 bits per heavy atom. The van der Waals surface area contributed by atoms with Gasteiger partial charge in [0.2, 0.25) is 0 Å². The molecule has 24 heavy (non-hydrogen) atoms. The summed E-state index contributed by atoms with van der Waals surface area (Å²) in [6, 6.07) is 2.64. The van der Waals surface area contributed by atoms with Crippen LogP contribution in [-0.4, -0.2) is 59.0 Å². The molecule has 0 heterocycles. The van der Waals surface area contributed by atoms with Gasteiger partial charge in [-0.15, -0.1) is 0 Å². The predicted molar refractivity (Wildman–Crippen MR) is 92.4 cm³/mol. The number of rotatable bonds is 8. The second-order valence-corrected chi connectivity index (χ2v) is 7.58. The average Bonchev–Trinajstić information content (AvgIpc) is 2.46. The van der Waals surface area contributed by atoms with E-state index in [1.54, 1.807) is 6.92 Å². The van der Waals surface area contributed by atoms with Crippen molar-refractivity contribution in [1.29, 1.82) is 0 Å². The summed E-state index contributed by atoms with van der Waals surface area (Å²) < 4.78 is 28.7. The number of esters is 1. The Morgan fingerprint density at radius 1 is 1.38 bits per heavy atom. The quantitative estimate of drug-likeness (QED) is 0.392. The molecular weight excluding hydrogens is 356 g/mol. The molecule has 1 rings (SSSR count). The monoisotopic (exact) mass is 376 g/mol. The summed E-state index contributed by atoms with van der Waals surface area (Å²) >= 11 is 6.21.